The summed E-state index contributed by atoms with van der Waals surface area (Å²) in [6.07, 6.45) is -4.53. The Balaban J connectivity index is 0.00000240. The highest BCUT2D eigenvalue weighted by atomic mass is 35.5. The van der Waals surface area contributed by atoms with Gasteiger partial charge in [0.15, 0.2) is 0 Å². The molecule has 174 valence electrons. The van der Waals surface area contributed by atoms with E-state index in [9.17, 15) is 22.8 Å². The highest BCUT2D eigenvalue weighted by molar-refractivity contribution is 5.95. The van der Waals surface area contributed by atoms with Crippen LogP contribution in [0.5, 0.6) is 0 Å². The Morgan fingerprint density at radius 2 is 1.74 bits per heavy atom. The second kappa shape index (κ2) is 10.1. The Labute approximate surface area is 190 Å². The number of rotatable bonds is 3. The Morgan fingerprint density at radius 1 is 1.16 bits per heavy atom. The standard InChI is InChI=1S/C19H23F3N4O3.2ClH/c1-18(2,3)16(27)25-14-4-13(19(20,21)22)7-24-15(14)10-29-17(28)26-8-11-5-23-6-12(11)9-26;;/h4,7,23H,5-6,8-10H2,1-3H3,(H,25,27);2*1H. The molecular weight excluding hydrogens is 460 g/mol. The van der Waals surface area contributed by atoms with Gasteiger partial charge in [0.2, 0.25) is 5.91 Å². The van der Waals surface area contributed by atoms with Crippen molar-refractivity contribution < 1.29 is 27.5 Å². The van der Waals surface area contributed by atoms with Crippen molar-refractivity contribution in [3.8, 4) is 0 Å². The Morgan fingerprint density at radius 3 is 2.26 bits per heavy atom. The number of aromatic nitrogens is 1. The van der Waals surface area contributed by atoms with Crippen molar-refractivity contribution in [1.82, 2.24) is 15.2 Å². The zero-order valence-electron chi connectivity index (χ0n) is 17.3. The van der Waals surface area contributed by atoms with Gasteiger partial charge in [-0.1, -0.05) is 20.8 Å². The van der Waals surface area contributed by atoms with Crippen molar-refractivity contribution in [3.05, 3.63) is 34.7 Å². The van der Waals surface area contributed by atoms with Crippen LogP contribution in [-0.4, -0.2) is 48.1 Å². The number of carbonyl (C=O) groups is 2. The van der Waals surface area contributed by atoms with Gasteiger partial charge in [-0.05, 0) is 17.2 Å². The molecule has 0 spiro atoms. The number of hydrogen-bond donors (Lipinski definition) is 2. The van der Waals surface area contributed by atoms with Crippen LogP contribution in [0.3, 0.4) is 0 Å². The molecule has 0 saturated carbocycles. The molecule has 2 aliphatic heterocycles. The summed E-state index contributed by atoms with van der Waals surface area (Å²) in [6.45, 7) is 6.97. The van der Waals surface area contributed by atoms with Crippen LogP contribution in [0.2, 0.25) is 0 Å². The lowest BCUT2D eigenvalue weighted by Crippen LogP contribution is -2.33. The van der Waals surface area contributed by atoms with Gasteiger partial charge in [0, 0.05) is 37.8 Å². The Kier molecular flexibility index (Phi) is 8.75. The fourth-order valence-electron chi connectivity index (χ4n) is 3.00. The summed E-state index contributed by atoms with van der Waals surface area (Å²) in [4.78, 5) is 29.9. The lowest BCUT2D eigenvalue weighted by atomic mass is 9.95. The number of carbonyl (C=O) groups excluding carboxylic acids is 2. The molecule has 0 aliphatic carbocycles. The van der Waals surface area contributed by atoms with E-state index in [1.807, 2.05) is 0 Å². The van der Waals surface area contributed by atoms with Crippen LogP contribution >= 0.6 is 24.8 Å². The maximum absolute atomic E-state index is 13.0. The topological polar surface area (TPSA) is 83.6 Å². The number of pyridine rings is 1. The van der Waals surface area contributed by atoms with Gasteiger partial charge in [0.05, 0.1) is 11.3 Å². The van der Waals surface area contributed by atoms with E-state index in [4.69, 9.17) is 4.74 Å². The Hall–Kier alpha value is -2.04. The first kappa shape index (κ1) is 27.0. The SMILES string of the molecule is CC(C)(C)C(=O)Nc1cc(C(F)(F)F)cnc1COC(=O)N1CC2=C(CNC2)C1.Cl.Cl. The second-order valence-corrected chi connectivity index (χ2v) is 8.14. The van der Waals surface area contributed by atoms with Gasteiger partial charge in [-0.15, -0.1) is 24.8 Å². The van der Waals surface area contributed by atoms with Gasteiger partial charge < -0.3 is 20.3 Å². The second-order valence-electron chi connectivity index (χ2n) is 8.14. The van der Waals surface area contributed by atoms with E-state index in [0.717, 1.165) is 30.3 Å². The van der Waals surface area contributed by atoms with Crippen LogP contribution in [0.25, 0.3) is 0 Å². The highest BCUT2D eigenvalue weighted by Gasteiger charge is 2.33. The number of anilines is 1. The summed E-state index contributed by atoms with van der Waals surface area (Å²) in [5.41, 5.74) is 0.423. The van der Waals surface area contributed by atoms with Gasteiger partial charge >= 0.3 is 12.3 Å². The molecule has 31 heavy (non-hydrogen) atoms. The van der Waals surface area contributed by atoms with Gasteiger partial charge in [-0.25, -0.2) is 4.79 Å². The maximum Gasteiger partial charge on any atom is 0.417 e. The first-order valence-electron chi connectivity index (χ1n) is 9.15. The normalized spacial score (nSPS) is 15.7. The molecule has 2 aliphatic rings. The van der Waals surface area contributed by atoms with E-state index in [0.29, 0.717) is 19.3 Å². The van der Waals surface area contributed by atoms with E-state index in [1.54, 1.807) is 20.8 Å². The molecule has 0 unspecified atom stereocenters. The summed E-state index contributed by atoms with van der Waals surface area (Å²) in [7, 11) is 0. The third-order valence-corrected chi connectivity index (χ3v) is 4.76. The van der Waals surface area contributed by atoms with E-state index in [1.165, 1.54) is 4.90 Å². The third kappa shape index (κ3) is 6.47. The summed E-state index contributed by atoms with van der Waals surface area (Å²) in [5, 5.41) is 5.67. The van der Waals surface area contributed by atoms with Gasteiger partial charge in [-0.2, -0.15) is 13.2 Å². The number of nitrogens with one attached hydrogen (secondary N) is 2. The predicted molar refractivity (Wildman–Crippen MR) is 113 cm³/mol. The van der Waals surface area contributed by atoms with Gasteiger partial charge in [-0.3, -0.25) is 9.78 Å². The molecule has 1 aromatic heterocycles. The van der Waals surface area contributed by atoms with Gasteiger partial charge in [0.1, 0.15) is 12.3 Å². The van der Waals surface area contributed by atoms with Crippen molar-refractivity contribution in [3.63, 3.8) is 0 Å². The van der Waals surface area contributed by atoms with Crippen molar-refractivity contribution in [2.75, 3.05) is 31.5 Å². The Bertz CT molecular complexity index is 854. The van der Waals surface area contributed by atoms with Crippen LogP contribution in [0.4, 0.5) is 23.7 Å². The summed E-state index contributed by atoms with van der Waals surface area (Å²) in [6, 6.07) is 0.803. The highest BCUT2D eigenvalue weighted by Crippen LogP contribution is 2.32. The number of hydrogen-bond acceptors (Lipinski definition) is 5. The quantitative estimate of drug-likeness (QED) is 0.637. The summed E-state index contributed by atoms with van der Waals surface area (Å²) in [5.74, 6) is -0.473. The molecule has 7 nitrogen and oxygen atoms in total. The minimum absolute atomic E-state index is 0. The average molecular weight is 485 g/mol. The minimum Gasteiger partial charge on any atom is -0.443 e. The minimum atomic E-state index is -4.61. The van der Waals surface area contributed by atoms with Crippen LogP contribution in [0.15, 0.2) is 23.4 Å². The number of amides is 2. The van der Waals surface area contributed by atoms with E-state index < -0.39 is 29.2 Å². The lowest BCUT2D eigenvalue weighted by Gasteiger charge is -2.21. The molecule has 3 rings (SSSR count). The third-order valence-electron chi connectivity index (χ3n) is 4.76. The largest absolute Gasteiger partial charge is 0.443 e. The first-order valence-corrected chi connectivity index (χ1v) is 9.15. The lowest BCUT2D eigenvalue weighted by molar-refractivity contribution is -0.137. The molecule has 0 atom stereocenters. The smallest absolute Gasteiger partial charge is 0.417 e. The zero-order chi connectivity index (χ0) is 21.4. The van der Waals surface area contributed by atoms with Gasteiger partial charge in [0.25, 0.3) is 0 Å². The van der Waals surface area contributed by atoms with Crippen LogP contribution in [0, 0.1) is 5.41 Å². The molecule has 0 radical (unpaired) electrons. The molecular formula is C19H25Cl2F3N4O3. The molecule has 0 bridgehead atoms. The van der Waals surface area contributed by atoms with Crippen LogP contribution in [-0.2, 0) is 22.3 Å². The molecule has 0 fully saturated rings. The van der Waals surface area contributed by atoms with Crippen molar-refractivity contribution in [2.45, 2.75) is 33.6 Å². The molecule has 2 amide bonds. The van der Waals surface area contributed by atoms with E-state index in [2.05, 4.69) is 15.6 Å². The molecule has 0 aromatic carbocycles. The molecule has 0 saturated heterocycles. The molecule has 2 N–H and O–H groups in total. The fourth-order valence-corrected chi connectivity index (χ4v) is 3.00. The fraction of sp³-hybridized carbons (Fsp3) is 0.526. The maximum atomic E-state index is 13.0. The monoisotopic (exact) mass is 484 g/mol. The number of nitrogens with zero attached hydrogens (tertiary/aromatic N) is 2. The van der Waals surface area contributed by atoms with Crippen molar-refractivity contribution in [1.29, 1.82) is 0 Å². The van der Waals surface area contributed by atoms with Crippen LogP contribution < -0.4 is 10.6 Å². The van der Waals surface area contributed by atoms with Crippen molar-refractivity contribution in [2.24, 2.45) is 5.41 Å². The molecule has 1 aromatic rings. The molecule has 12 heteroatoms. The van der Waals surface area contributed by atoms with Crippen LogP contribution in [0.1, 0.15) is 32.0 Å². The number of halogens is 5. The van der Waals surface area contributed by atoms with E-state index >= 15 is 0 Å². The summed E-state index contributed by atoms with van der Waals surface area (Å²) >= 11 is 0. The summed E-state index contributed by atoms with van der Waals surface area (Å²) < 4.78 is 44.4. The predicted octanol–water partition coefficient (Wildman–Crippen LogP) is 3.78. The number of alkyl halides is 3. The van der Waals surface area contributed by atoms with E-state index in [-0.39, 0.29) is 42.8 Å². The first-order chi connectivity index (χ1) is 13.4. The molecule has 3 heterocycles. The zero-order valence-corrected chi connectivity index (χ0v) is 18.9. The average Bonchev–Trinajstić information content (AvgIpc) is 3.20. The van der Waals surface area contributed by atoms with Crippen molar-refractivity contribution >= 4 is 42.5 Å². The number of ether oxygens (including phenoxy) is 1.